The third-order valence-corrected chi connectivity index (χ3v) is 10.5. The minimum absolute atomic E-state index is 0.0767. The molecule has 3 aromatic heterocycles. The number of unbranched alkanes of at least 4 members (excludes halogenated alkanes) is 5. The summed E-state index contributed by atoms with van der Waals surface area (Å²) in [6.45, 7) is 4.54. The smallest absolute Gasteiger partial charge is 0.266 e. The molecule has 15 nitrogen and oxygen atoms in total. The van der Waals surface area contributed by atoms with E-state index in [9.17, 15) is 19.2 Å². The number of fused-ring (bicyclic) bond motifs is 9. The molecule has 7 heterocycles. The minimum atomic E-state index is -1.00. The number of hydrogen-bond acceptors (Lipinski definition) is 11. The summed E-state index contributed by atoms with van der Waals surface area (Å²) >= 11 is 0. The van der Waals surface area contributed by atoms with Gasteiger partial charge < -0.3 is 14.8 Å². The number of amides is 4. The molecule has 4 amide bonds. The van der Waals surface area contributed by atoms with Crippen LogP contribution < -0.4 is 20.1 Å². The maximum Gasteiger partial charge on any atom is 0.266 e. The molecule has 0 saturated carbocycles. The maximum atomic E-state index is 13.3. The molecule has 1 unspecified atom stereocenters. The van der Waals surface area contributed by atoms with E-state index in [0.29, 0.717) is 24.9 Å². The summed E-state index contributed by atoms with van der Waals surface area (Å²) in [5.74, 6) is -0.442. The molecule has 4 aliphatic heterocycles. The van der Waals surface area contributed by atoms with Crippen molar-refractivity contribution in [2.45, 2.75) is 70.4 Å². The average Bonchev–Trinajstić information content (AvgIpc) is 3.90. The Balaban J connectivity index is 0.789. The number of piperidine rings is 1. The van der Waals surface area contributed by atoms with Crippen LogP contribution in [0.5, 0.6) is 11.5 Å². The first kappa shape index (κ1) is 36.9. The lowest BCUT2D eigenvalue weighted by Crippen LogP contribution is -2.54. The normalized spacial score (nSPS) is 17.6. The number of carbonyl (C=O) groups is 4. The van der Waals surface area contributed by atoms with E-state index in [1.54, 1.807) is 24.4 Å². The van der Waals surface area contributed by atoms with Crippen LogP contribution in [0.25, 0.3) is 16.8 Å². The van der Waals surface area contributed by atoms with Crippen molar-refractivity contribution < 1.29 is 28.7 Å². The molecule has 1 fully saturated rings. The molecule has 1 atom stereocenters. The van der Waals surface area contributed by atoms with Gasteiger partial charge in [-0.3, -0.25) is 39.0 Å². The molecule has 9 rings (SSSR count). The standard InChI is InChI=1S/C41H45N9O6/c51-36-18-17-34(38(52)45-36)49-39(53)32-9-7-10-35(37(32)40(49)54)56-23-6-4-2-1-3-5-19-47-20-8-21-48-27-29(25-43-48)44-41-42-26-30-13-16-33(50(30)46-41)28-11-14-31(15-12-28)55-24-22-47/h7,9-16,25-27,34H,1-6,8,17-24H2,(H,44,46)(H,45,51,52). The zero-order valence-corrected chi connectivity index (χ0v) is 31.2. The fourth-order valence-corrected chi connectivity index (χ4v) is 7.59. The van der Waals surface area contributed by atoms with Gasteiger partial charge in [0, 0.05) is 37.8 Å². The van der Waals surface area contributed by atoms with Gasteiger partial charge in [-0.15, -0.1) is 5.10 Å². The fraction of sp³-hybridized carbons (Fsp3) is 0.390. The Morgan fingerprint density at radius 2 is 1.68 bits per heavy atom. The van der Waals surface area contributed by atoms with E-state index in [4.69, 9.17) is 14.6 Å². The lowest BCUT2D eigenvalue weighted by molar-refractivity contribution is -0.136. The first-order valence-electron chi connectivity index (χ1n) is 19.5. The van der Waals surface area contributed by atoms with E-state index in [1.807, 2.05) is 45.9 Å². The van der Waals surface area contributed by atoms with Crippen LogP contribution in [-0.2, 0) is 16.1 Å². The van der Waals surface area contributed by atoms with Crippen LogP contribution in [0.3, 0.4) is 0 Å². The third-order valence-electron chi connectivity index (χ3n) is 10.5. The van der Waals surface area contributed by atoms with E-state index < -0.39 is 29.7 Å². The highest BCUT2D eigenvalue weighted by atomic mass is 16.5. The monoisotopic (exact) mass is 759 g/mol. The molecule has 290 valence electrons. The fourth-order valence-electron chi connectivity index (χ4n) is 7.59. The van der Waals surface area contributed by atoms with Crippen molar-refractivity contribution in [2.75, 3.05) is 38.2 Å². The summed E-state index contributed by atoms with van der Waals surface area (Å²) in [6, 6.07) is 16.1. The molecule has 4 aliphatic rings. The molecule has 2 N–H and O–H groups in total. The SMILES string of the molecule is O=C1CCC(N2C(=O)c3cccc(OCCCCCCCCN4CCCn5cc(cn5)Nc5ncc6ccc(n6n5)-c5ccc(cc5)OCC4)c3C2=O)C(=O)N1. The number of nitrogens with one attached hydrogen (secondary N) is 2. The number of imide groups is 2. The number of aromatic nitrogens is 5. The van der Waals surface area contributed by atoms with Crippen molar-refractivity contribution >= 4 is 40.8 Å². The predicted octanol–water partition coefficient (Wildman–Crippen LogP) is 5.24. The van der Waals surface area contributed by atoms with Gasteiger partial charge >= 0.3 is 0 Å². The Labute approximate surface area is 324 Å². The van der Waals surface area contributed by atoms with Gasteiger partial charge in [-0.2, -0.15) is 5.10 Å². The summed E-state index contributed by atoms with van der Waals surface area (Å²) in [4.78, 5) is 58.4. The van der Waals surface area contributed by atoms with E-state index in [-0.39, 0.29) is 24.0 Å². The van der Waals surface area contributed by atoms with E-state index in [2.05, 4.69) is 37.7 Å². The van der Waals surface area contributed by atoms with E-state index in [1.165, 1.54) is 0 Å². The molecule has 15 heteroatoms. The molecule has 6 bridgehead atoms. The van der Waals surface area contributed by atoms with Crippen LogP contribution in [0, 0.1) is 0 Å². The van der Waals surface area contributed by atoms with Crippen LogP contribution >= 0.6 is 0 Å². The summed E-state index contributed by atoms with van der Waals surface area (Å²) < 4.78 is 16.0. The zero-order chi connectivity index (χ0) is 38.4. The lowest BCUT2D eigenvalue weighted by atomic mass is 10.0. The molecule has 0 spiro atoms. The zero-order valence-electron chi connectivity index (χ0n) is 31.2. The first-order chi connectivity index (χ1) is 27.4. The molecule has 0 radical (unpaired) electrons. The van der Waals surface area contributed by atoms with Gasteiger partial charge in [0.05, 0.1) is 47.0 Å². The van der Waals surface area contributed by atoms with Crippen LogP contribution in [0.1, 0.15) is 78.5 Å². The highest BCUT2D eigenvalue weighted by molar-refractivity contribution is 6.24. The molecular formula is C41H45N9O6. The minimum Gasteiger partial charge on any atom is -0.493 e. The Hall–Kier alpha value is -6.09. The Morgan fingerprint density at radius 3 is 2.54 bits per heavy atom. The second-order valence-corrected chi connectivity index (χ2v) is 14.4. The number of nitrogens with zero attached hydrogens (tertiary/aromatic N) is 7. The van der Waals surface area contributed by atoms with Gasteiger partial charge in [0.25, 0.3) is 11.8 Å². The number of hydrogen-bond donors (Lipinski definition) is 2. The van der Waals surface area contributed by atoms with Crippen molar-refractivity contribution in [2.24, 2.45) is 0 Å². The highest BCUT2D eigenvalue weighted by Gasteiger charge is 2.46. The van der Waals surface area contributed by atoms with Crippen molar-refractivity contribution in [1.29, 1.82) is 0 Å². The number of rotatable bonds is 11. The maximum absolute atomic E-state index is 13.3. The summed E-state index contributed by atoms with van der Waals surface area (Å²) in [7, 11) is 0. The van der Waals surface area contributed by atoms with E-state index in [0.717, 1.165) is 104 Å². The van der Waals surface area contributed by atoms with E-state index >= 15 is 0 Å². The highest BCUT2D eigenvalue weighted by Crippen LogP contribution is 2.34. The van der Waals surface area contributed by atoms with Gasteiger partial charge in [0.1, 0.15) is 24.1 Å². The van der Waals surface area contributed by atoms with Gasteiger partial charge in [0.2, 0.25) is 17.8 Å². The number of carbonyl (C=O) groups excluding carboxylic acids is 4. The Bertz CT molecular complexity index is 2230. The van der Waals surface area contributed by atoms with Crippen molar-refractivity contribution in [3.05, 3.63) is 84.3 Å². The van der Waals surface area contributed by atoms with Crippen LogP contribution in [0.2, 0.25) is 0 Å². The summed E-state index contributed by atoms with van der Waals surface area (Å²) in [6.07, 6.45) is 12.9. The summed E-state index contributed by atoms with van der Waals surface area (Å²) in [5, 5.41) is 14.8. The van der Waals surface area contributed by atoms with Crippen molar-refractivity contribution in [1.82, 2.24) is 39.5 Å². The summed E-state index contributed by atoms with van der Waals surface area (Å²) in [5.41, 5.74) is 4.16. The Morgan fingerprint density at radius 1 is 0.839 bits per heavy atom. The number of aryl methyl sites for hydroxylation is 1. The molecule has 1 saturated heterocycles. The van der Waals surface area contributed by atoms with Crippen LogP contribution in [-0.4, -0.2) is 96.7 Å². The second-order valence-electron chi connectivity index (χ2n) is 14.4. The number of ether oxygens (including phenoxy) is 2. The van der Waals surface area contributed by atoms with Gasteiger partial charge in [-0.1, -0.05) is 31.7 Å². The number of anilines is 2. The van der Waals surface area contributed by atoms with Gasteiger partial charge in [0.15, 0.2) is 0 Å². The largest absolute Gasteiger partial charge is 0.493 e. The Kier molecular flexibility index (Phi) is 11.0. The predicted molar refractivity (Wildman–Crippen MR) is 207 cm³/mol. The van der Waals surface area contributed by atoms with Crippen LogP contribution in [0.15, 0.2) is 73.2 Å². The molecule has 0 aliphatic carbocycles. The van der Waals surface area contributed by atoms with Crippen molar-refractivity contribution in [3.8, 4) is 22.8 Å². The first-order valence-corrected chi connectivity index (χ1v) is 19.5. The quantitative estimate of drug-likeness (QED) is 0.134. The van der Waals surface area contributed by atoms with Crippen LogP contribution in [0.4, 0.5) is 11.6 Å². The third kappa shape index (κ3) is 8.13. The number of benzene rings is 2. The van der Waals surface area contributed by atoms with Gasteiger partial charge in [-0.05, 0) is 80.8 Å². The average molecular weight is 760 g/mol. The molecular weight excluding hydrogens is 715 g/mol. The molecule has 56 heavy (non-hydrogen) atoms. The van der Waals surface area contributed by atoms with Crippen molar-refractivity contribution in [3.63, 3.8) is 0 Å². The second kappa shape index (κ2) is 16.7. The molecule has 2 aromatic carbocycles. The lowest BCUT2D eigenvalue weighted by Gasteiger charge is -2.27. The van der Waals surface area contributed by atoms with Gasteiger partial charge in [-0.25, -0.2) is 9.50 Å². The molecule has 5 aromatic rings. The topological polar surface area (TPSA) is 165 Å².